The van der Waals surface area contributed by atoms with Crippen LogP contribution in [0.4, 0.5) is 0 Å². The van der Waals surface area contributed by atoms with Crippen LogP contribution in [0.15, 0.2) is 23.8 Å². The second-order valence-corrected chi connectivity index (χ2v) is 3.67. The Labute approximate surface area is 80.5 Å². The summed E-state index contributed by atoms with van der Waals surface area (Å²) >= 11 is 0. The number of carbonyl (C=O) groups is 1. The second kappa shape index (κ2) is 5.74. The van der Waals surface area contributed by atoms with Crippen molar-refractivity contribution in [1.29, 1.82) is 0 Å². The molecule has 0 spiro atoms. The van der Waals surface area contributed by atoms with Crippen molar-refractivity contribution in [3.8, 4) is 0 Å². The van der Waals surface area contributed by atoms with Gasteiger partial charge in [0.05, 0.1) is 0 Å². The Morgan fingerprint density at radius 1 is 1.38 bits per heavy atom. The first-order chi connectivity index (χ1) is 6.29. The topological polar surface area (TPSA) is 17.1 Å². The predicted molar refractivity (Wildman–Crippen MR) is 55.6 cm³/mol. The Balaban J connectivity index is 2.08. The van der Waals surface area contributed by atoms with Gasteiger partial charge in [0.2, 0.25) is 0 Å². The van der Waals surface area contributed by atoms with Crippen molar-refractivity contribution in [3.63, 3.8) is 0 Å². The first-order valence-corrected chi connectivity index (χ1v) is 5.14. The van der Waals surface area contributed by atoms with E-state index in [1.54, 1.807) is 6.92 Å². The van der Waals surface area contributed by atoms with Crippen molar-refractivity contribution < 1.29 is 4.79 Å². The number of rotatable bonds is 5. The Morgan fingerprint density at radius 2 is 2.23 bits per heavy atom. The monoisotopic (exact) mass is 178 g/mol. The van der Waals surface area contributed by atoms with Crippen LogP contribution in [-0.2, 0) is 4.79 Å². The van der Waals surface area contributed by atoms with E-state index in [-0.39, 0.29) is 0 Å². The van der Waals surface area contributed by atoms with Crippen LogP contribution >= 0.6 is 0 Å². The van der Waals surface area contributed by atoms with Gasteiger partial charge in [-0.3, -0.25) is 0 Å². The van der Waals surface area contributed by atoms with Gasteiger partial charge in [-0.1, -0.05) is 23.8 Å². The molecule has 13 heavy (non-hydrogen) atoms. The maximum absolute atomic E-state index is 10.7. The lowest BCUT2D eigenvalue weighted by Crippen LogP contribution is -1.90. The zero-order valence-corrected chi connectivity index (χ0v) is 8.38. The van der Waals surface area contributed by atoms with Crippen LogP contribution in [0.5, 0.6) is 0 Å². The van der Waals surface area contributed by atoms with Crippen LogP contribution < -0.4 is 0 Å². The van der Waals surface area contributed by atoms with Crippen molar-refractivity contribution in [1.82, 2.24) is 0 Å². The number of unbranched alkanes of at least 4 members (excludes halogenated alkanes) is 1. The lowest BCUT2D eigenvalue weighted by atomic mass is 10.0. The van der Waals surface area contributed by atoms with Crippen LogP contribution in [0.1, 0.15) is 45.4 Å². The predicted octanol–water partition coefficient (Wildman–Crippen LogP) is 3.41. The maximum Gasteiger partial charge on any atom is 0.129 e. The summed E-state index contributed by atoms with van der Waals surface area (Å²) in [4.78, 5) is 10.7. The van der Waals surface area contributed by atoms with E-state index in [0.717, 1.165) is 25.7 Å². The fourth-order valence-electron chi connectivity index (χ4n) is 1.56. The van der Waals surface area contributed by atoms with Gasteiger partial charge < -0.3 is 4.79 Å². The third kappa shape index (κ3) is 4.66. The molecule has 1 nitrogen and oxygen atoms in total. The SMILES string of the molecule is CC(=O)CCCCC1=CCCC=C1. The highest BCUT2D eigenvalue weighted by Crippen LogP contribution is 2.16. The summed E-state index contributed by atoms with van der Waals surface area (Å²) in [7, 11) is 0. The molecule has 0 unspecified atom stereocenters. The van der Waals surface area contributed by atoms with Gasteiger partial charge in [0, 0.05) is 6.42 Å². The highest BCUT2D eigenvalue weighted by molar-refractivity contribution is 5.75. The molecule has 72 valence electrons. The molecule has 0 bridgehead atoms. The Kier molecular flexibility index (Phi) is 4.52. The molecule has 0 atom stereocenters. The van der Waals surface area contributed by atoms with Crippen LogP contribution in [0, 0.1) is 0 Å². The van der Waals surface area contributed by atoms with Gasteiger partial charge in [0.25, 0.3) is 0 Å². The molecular weight excluding hydrogens is 160 g/mol. The van der Waals surface area contributed by atoms with E-state index in [9.17, 15) is 4.79 Å². The van der Waals surface area contributed by atoms with Gasteiger partial charge in [-0.25, -0.2) is 0 Å². The molecule has 0 aromatic carbocycles. The lowest BCUT2D eigenvalue weighted by Gasteiger charge is -2.05. The Bertz CT molecular complexity index is 223. The number of ketones is 1. The van der Waals surface area contributed by atoms with Crippen molar-refractivity contribution >= 4 is 5.78 Å². The Morgan fingerprint density at radius 3 is 2.85 bits per heavy atom. The number of hydrogen-bond acceptors (Lipinski definition) is 1. The van der Waals surface area contributed by atoms with Crippen molar-refractivity contribution in [2.24, 2.45) is 0 Å². The van der Waals surface area contributed by atoms with E-state index in [4.69, 9.17) is 0 Å². The zero-order chi connectivity index (χ0) is 9.52. The maximum atomic E-state index is 10.7. The average molecular weight is 178 g/mol. The van der Waals surface area contributed by atoms with Crippen LogP contribution in [0.25, 0.3) is 0 Å². The van der Waals surface area contributed by atoms with Crippen LogP contribution in [0.3, 0.4) is 0 Å². The van der Waals surface area contributed by atoms with E-state index in [1.807, 2.05) is 0 Å². The molecule has 0 N–H and O–H groups in total. The summed E-state index contributed by atoms with van der Waals surface area (Å²) in [5.41, 5.74) is 1.45. The van der Waals surface area contributed by atoms with E-state index >= 15 is 0 Å². The minimum atomic E-state index is 0.313. The second-order valence-electron chi connectivity index (χ2n) is 3.67. The summed E-state index contributed by atoms with van der Waals surface area (Å²) in [5.74, 6) is 0.313. The third-order valence-electron chi connectivity index (χ3n) is 2.32. The average Bonchev–Trinajstić information content (AvgIpc) is 2.14. The summed E-state index contributed by atoms with van der Waals surface area (Å²) in [6.45, 7) is 1.67. The molecule has 0 fully saturated rings. The van der Waals surface area contributed by atoms with Gasteiger partial charge >= 0.3 is 0 Å². The van der Waals surface area contributed by atoms with Crippen molar-refractivity contribution in [3.05, 3.63) is 23.8 Å². The van der Waals surface area contributed by atoms with Crippen molar-refractivity contribution in [2.45, 2.75) is 45.4 Å². The smallest absolute Gasteiger partial charge is 0.129 e. The molecule has 1 aliphatic rings. The molecular formula is C12H18O. The van der Waals surface area contributed by atoms with E-state index in [1.165, 1.54) is 18.4 Å². The van der Waals surface area contributed by atoms with E-state index in [2.05, 4.69) is 18.2 Å². The zero-order valence-electron chi connectivity index (χ0n) is 8.38. The third-order valence-corrected chi connectivity index (χ3v) is 2.32. The molecule has 0 saturated heterocycles. The number of Topliss-reactive ketones (excluding diaryl/α,β-unsaturated/α-hetero) is 1. The first-order valence-electron chi connectivity index (χ1n) is 5.14. The molecule has 0 amide bonds. The molecule has 1 rings (SSSR count). The van der Waals surface area contributed by atoms with Gasteiger partial charge in [-0.15, -0.1) is 0 Å². The molecule has 0 saturated carbocycles. The summed E-state index contributed by atoms with van der Waals surface area (Å²) < 4.78 is 0. The first kappa shape index (κ1) is 10.2. The molecule has 1 aliphatic carbocycles. The minimum absolute atomic E-state index is 0.313. The Hall–Kier alpha value is -0.850. The fraction of sp³-hybridized carbons (Fsp3) is 0.583. The molecule has 0 aromatic rings. The van der Waals surface area contributed by atoms with Crippen molar-refractivity contribution in [2.75, 3.05) is 0 Å². The molecule has 0 aromatic heterocycles. The number of hydrogen-bond donors (Lipinski definition) is 0. The molecule has 0 heterocycles. The molecule has 1 heteroatoms. The highest BCUT2D eigenvalue weighted by atomic mass is 16.1. The van der Waals surface area contributed by atoms with Crippen LogP contribution in [-0.4, -0.2) is 5.78 Å². The molecule has 0 aliphatic heterocycles. The summed E-state index contributed by atoms with van der Waals surface area (Å²) in [5, 5.41) is 0. The largest absolute Gasteiger partial charge is 0.300 e. The van der Waals surface area contributed by atoms with Gasteiger partial charge in [0.1, 0.15) is 5.78 Å². The van der Waals surface area contributed by atoms with Gasteiger partial charge in [0.15, 0.2) is 0 Å². The summed E-state index contributed by atoms with van der Waals surface area (Å²) in [6.07, 6.45) is 13.2. The van der Waals surface area contributed by atoms with Gasteiger partial charge in [-0.05, 0) is 39.0 Å². The quantitative estimate of drug-likeness (QED) is 0.589. The number of carbonyl (C=O) groups excluding carboxylic acids is 1. The van der Waals surface area contributed by atoms with Gasteiger partial charge in [-0.2, -0.15) is 0 Å². The van der Waals surface area contributed by atoms with E-state index < -0.39 is 0 Å². The number of allylic oxidation sites excluding steroid dienone is 4. The summed E-state index contributed by atoms with van der Waals surface area (Å²) in [6, 6.07) is 0. The van der Waals surface area contributed by atoms with E-state index in [0.29, 0.717) is 5.78 Å². The minimum Gasteiger partial charge on any atom is -0.300 e. The highest BCUT2D eigenvalue weighted by Gasteiger charge is 1.98. The standard InChI is InChI=1S/C12H18O/c1-11(13)7-5-6-10-12-8-3-2-4-9-12/h3,8-9H,2,4-7,10H2,1H3. The normalized spacial score (nSPS) is 15.6. The molecule has 0 radical (unpaired) electrons. The lowest BCUT2D eigenvalue weighted by molar-refractivity contribution is -0.117. The van der Waals surface area contributed by atoms with Crippen LogP contribution in [0.2, 0.25) is 0 Å². The fourth-order valence-corrected chi connectivity index (χ4v) is 1.56.